The minimum Gasteiger partial charge on any atom is -0.489 e. The zero-order valence-corrected chi connectivity index (χ0v) is 15.7. The van der Waals surface area contributed by atoms with Gasteiger partial charge in [-0.25, -0.2) is 9.89 Å². The summed E-state index contributed by atoms with van der Waals surface area (Å²) in [6.07, 6.45) is 0. The molecule has 28 heavy (non-hydrogen) atoms. The third-order valence-corrected chi connectivity index (χ3v) is 4.15. The van der Waals surface area contributed by atoms with Crippen LogP contribution in [-0.2, 0) is 11.3 Å². The van der Waals surface area contributed by atoms with E-state index in [4.69, 9.17) is 20.3 Å². The molecule has 0 aliphatic heterocycles. The number of hydrogen-bond donors (Lipinski definition) is 3. The molecule has 3 N–H and O–H groups in total. The van der Waals surface area contributed by atoms with Crippen LogP contribution in [0, 0.1) is 24.7 Å². The molecule has 0 saturated carbocycles. The average molecular weight is 380 g/mol. The summed E-state index contributed by atoms with van der Waals surface area (Å²) in [7, 11) is 0. The normalized spacial score (nSPS) is 10.5. The zero-order valence-electron chi connectivity index (χ0n) is 15.7. The molecule has 0 aliphatic carbocycles. The maximum absolute atomic E-state index is 11.9. The van der Waals surface area contributed by atoms with Gasteiger partial charge in [0.2, 0.25) is 5.90 Å². The molecule has 0 amide bonds. The number of benzene rings is 2. The molecule has 3 aromatic rings. The van der Waals surface area contributed by atoms with Crippen molar-refractivity contribution in [3.63, 3.8) is 0 Å². The Balaban J connectivity index is 1.84. The molecule has 1 aromatic heterocycles. The summed E-state index contributed by atoms with van der Waals surface area (Å²) in [6, 6.07) is 10.8. The first kappa shape index (κ1) is 19.0. The summed E-state index contributed by atoms with van der Waals surface area (Å²) < 4.78 is 12.2. The number of rotatable bonds is 5. The molecule has 0 fully saturated rings. The molecule has 0 saturated heterocycles. The fourth-order valence-electron chi connectivity index (χ4n) is 2.74. The molecule has 0 atom stereocenters. The molecule has 0 aliphatic rings. The van der Waals surface area contributed by atoms with Gasteiger partial charge in [0.1, 0.15) is 12.4 Å². The fourth-order valence-corrected chi connectivity index (χ4v) is 2.74. The minimum atomic E-state index is -0.424. The highest BCUT2D eigenvalue weighted by Crippen LogP contribution is 2.23. The topological polar surface area (TPSA) is 130 Å². The van der Waals surface area contributed by atoms with Gasteiger partial charge in [0, 0.05) is 18.1 Å². The van der Waals surface area contributed by atoms with Gasteiger partial charge in [-0.2, -0.15) is 4.68 Å². The van der Waals surface area contributed by atoms with E-state index >= 15 is 0 Å². The number of aryl methyl sites for hydroxylation is 2. The van der Waals surface area contributed by atoms with E-state index in [1.165, 1.54) is 11.6 Å². The molecule has 144 valence electrons. The Morgan fingerprint density at radius 2 is 1.96 bits per heavy atom. The van der Waals surface area contributed by atoms with Crippen molar-refractivity contribution in [1.82, 2.24) is 20.2 Å². The lowest BCUT2D eigenvalue weighted by Gasteiger charge is -2.15. The van der Waals surface area contributed by atoms with Crippen molar-refractivity contribution < 1.29 is 9.47 Å². The quantitative estimate of drug-likeness (QED) is 0.462. The van der Waals surface area contributed by atoms with Gasteiger partial charge in [0.15, 0.2) is 5.90 Å². The highest BCUT2D eigenvalue weighted by atomic mass is 16.5. The van der Waals surface area contributed by atoms with Crippen molar-refractivity contribution >= 4 is 11.8 Å². The highest BCUT2D eigenvalue weighted by molar-refractivity contribution is 5.98. The lowest BCUT2D eigenvalue weighted by atomic mass is 10.1. The number of tetrazole rings is 1. The van der Waals surface area contributed by atoms with Crippen LogP contribution in [0.2, 0.25) is 0 Å². The van der Waals surface area contributed by atoms with Gasteiger partial charge in [-0.15, -0.1) is 0 Å². The number of aromatic amines is 1. The molecule has 0 spiro atoms. The van der Waals surface area contributed by atoms with Gasteiger partial charge in [-0.05, 0) is 59.7 Å². The lowest BCUT2D eigenvalue weighted by Crippen LogP contribution is -2.18. The number of H-pyrrole nitrogens is 1. The first-order valence-electron chi connectivity index (χ1n) is 8.51. The average Bonchev–Trinajstić information content (AvgIpc) is 3.06. The molecule has 2 aromatic carbocycles. The molecule has 0 radical (unpaired) electrons. The molecule has 1 heterocycles. The monoisotopic (exact) mass is 380 g/mol. The van der Waals surface area contributed by atoms with Gasteiger partial charge < -0.3 is 9.47 Å². The van der Waals surface area contributed by atoms with Crippen molar-refractivity contribution in [3.8, 4) is 11.4 Å². The first-order chi connectivity index (χ1) is 13.4. The van der Waals surface area contributed by atoms with E-state index in [1.54, 1.807) is 24.3 Å². The number of ether oxygens (including phenoxy) is 2. The van der Waals surface area contributed by atoms with Crippen molar-refractivity contribution in [2.75, 3.05) is 0 Å². The van der Waals surface area contributed by atoms with E-state index in [0.717, 1.165) is 16.7 Å². The lowest BCUT2D eigenvalue weighted by molar-refractivity contribution is 0.302. The zero-order chi connectivity index (χ0) is 20.3. The summed E-state index contributed by atoms with van der Waals surface area (Å²) in [6.45, 7) is 5.50. The van der Waals surface area contributed by atoms with Crippen molar-refractivity contribution in [2.45, 2.75) is 27.4 Å². The SMILES string of the molecule is CC(=N)OC(=N)c1ccc(OCc2c(C)cccc2-n2nn[nH]c2=O)c(C)c1. The summed E-state index contributed by atoms with van der Waals surface area (Å²) >= 11 is 0. The number of hydrogen-bond acceptors (Lipinski definition) is 7. The van der Waals surface area contributed by atoms with Gasteiger partial charge >= 0.3 is 5.69 Å². The summed E-state index contributed by atoms with van der Waals surface area (Å²) in [4.78, 5) is 11.9. The van der Waals surface area contributed by atoms with Crippen molar-refractivity contribution in [3.05, 3.63) is 69.1 Å². The van der Waals surface area contributed by atoms with Crippen LogP contribution in [-0.4, -0.2) is 32.0 Å². The number of nitrogens with one attached hydrogen (secondary N) is 3. The maximum Gasteiger partial charge on any atom is 0.365 e. The summed E-state index contributed by atoms with van der Waals surface area (Å²) in [5.41, 5.74) is 3.33. The van der Waals surface area contributed by atoms with Crippen LogP contribution in [0.5, 0.6) is 5.75 Å². The highest BCUT2D eigenvalue weighted by Gasteiger charge is 2.13. The minimum absolute atomic E-state index is 0.0434. The molecule has 0 unspecified atom stereocenters. The van der Waals surface area contributed by atoms with Crippen LogP contribution in [0.15, 0.2) is 41.2 Å². The third-order valence-electron chi connectivity index (χ3n) is 4.15. The number of nitrogens with zero attached hydrogens (tertiary/aromatic N) is 3. The smallest absolute Gasteiger partial charge is 0.365 e. The Morgan fingerprint density at radius 1 is 1.18 bits per heavy atom. The Hall–Kier alpha value is -3.75. The van der Waals surface area contributed by atoms with Crippen molar-refractivity contribution in [1.29, 1.82) is 10.8 Å². The van der Waals surface area contributed by atoms with Crippen LogP contribution in [0.3, 0.4) is 0 Å². The Kier molecular flexibility index (Phi) is 5.35. The molecular weight excluding hydrogens is 360 g/mol. The van der Waals surface area contributed by atoms with Gasteiger partial charge in [0.05, 0.1) is 5.69 Å². The van der Waals surface area contributed by atoms with E-state index in [1.807, 2.05) is 26.0 Å². The third kappa shape index (κ3) is 3.98. The van der Waals surface area contributed by atoms with Gasteiger partial charge in [-0.1, -0.05) is 12.1 Å². The second kappa shape index (κ2) is 7.87. The Labute approximate surface area is 160 Å². The second-order valence-electron chi connectivity index (χ2n) is 6.25. The summed E-state index contributed by atoms with van der Waals surface area (Å²) in [5, 5.41) is 24.8. The van der Waals surface area contributed by atoms with E-state index < -0.39 is 5.69 Å². The Morgan fingerprint density at radius 3 is 2.61 bits per heavy atom. The van der Waals surface area contributed by atoms with E-state index in [0.29, 0.717) is 17.0 Å². The van der Waals surface area contributed by atoms with E-state index in [9.17, 15) is 4.79 Å². The largest absolute Gasteiger partial charge is 0.489 e. The predicted octanol–water partition coefficient (Wildman–Crippen LogP) is 2.49. The van der Waals surface area contributed by atoms with Crippen molar-refractivity contribution in [2.24, 2.45) is 0 Å². The van der Waals surface area contributed by atoms with Gasteiger partial charge in [-0.3, -0.25) is 10.8 Å². The second-order valence-corrected chi connectivity index (χ2v) is 6.25. The molecule has 0 bridgehead atoms. The molecule has 3 rings (SSSR count). The van der Waals surface area contributed by atoms with Crippen LogP contribution < -0.4 is 10.4 Å². The van der Waals surface area contributed by atoms with E-state index in [2.05, 4.69) is 15.5 Å². The Bertz CT molecular complexity index is 1100. The molecular formula is C19H20N6O3. The van der Waals surface area contributed by atoms with E-state index in [-0.39, 0.29) is 18.4 Å². The van der Waals surface area contributed by atoms with Crippen LogP contribution in [0.4, 0.5) is 0 Å². The van der Waals surface area contributed by atoms with Crippen LogP contribution >= 0.6 is 0 Å². The molecule has 9 heteroatoms. The van der Waals surface area contributed by atoms with Crippen LogP contribution in [0.1, 0.15) is 29.2 Å². The summed E-state index contributed by atoms with van der Waals surface area (Å²) in [5.74, 6) is 0.511. The van der Waals surface area contributed by atoms with Gasteiger partial charge in [0.25, 0.3) is 0 Å². The number of aromatic nitrogens is 4. The fraction of sp³-hybridized carbons (Fsp3) is 0.211. The maximum atomic E-state index is 11.9. The molecule has 9 nitrogen and oxygen atoms in total. The van der Waals surface area contributed by atoms with Crippen LogP contribution in [0.25, 0.3) is 5.69 Å². The first-order valence-corrected chi connectivity index (χ1v) is 8.51. The predicted molar refractivity (Wildman–Crippen MR) is 104 cm³/mol. The standard InChI is InChI=1S/C19H20N6O3/c1-11-5-4-6-16(25-19(26)22-23-24-25)15(11)10-27-17-8-7-14(9-12(17)2)18(21)28-13(3)20/h4-9,20-21H,10H2,1-3H3,(H,22,24,26).